The predicted octanol–water partition coefficient (Wildman–Crippen LogP) is 5.48. The summed E-state index contributed by atoms with van der Waals surface area (Å²) in [7, 11) is 0. The predicted molar refractivity (Wildman–Crippen MR) is 127 cm³/mol. The first-order valence-electron chi connectivity index (χ1n) is 9.84. The van der Waals surface area contributed by atoms with Gasteiger partial charge in [0.15, 0.2) is 0 Å². The van der Waals surface area contributed by atoms with E-state index in [0.29, 0.717) is 10.0 Å². The topological polar surface area (TPSA) is 49.4 Å². The highest BCUT2D eigenvalue weighted by molar-refractivity contribution is 7.99. The van der Waals surface area contributed by atoms with E-state index in [-0.39, 0.29) is 30.2 Å². The standard InChI is InChI=1S/C23H28Cl2N2O2S/c1-15(2)26-23(29)17(4)27(12-19-9-10-20(24)11-21(19)25)22(28)14-30-13-18-7-5-16(3)6-8-18/h5-11,15,17H,12-14H2,1-4H3,(H,26,29)/t17-/m1/s1. The minimum absolute atomic E-state index is 0.00747. The summed E-state index contributed by atoms with van der Waals surface area (Å²) in [5, 5.41) is 3.89. The highest BCUT2D eigenvalue weighted by Gasteiger charge is 2.27. The third kappa shape index (κ3) is 7.53. The molecule has 0 bridgehead atoms. The Balaban J connectivity index is 2.11. The first-order valence-corrected chi connectivity index (χ1v) is 11.8. The fraction of sp³-hybridized carbons (Fsp3) is 0.391. The number of hydrogen-bond acceptors (Lipinski definition) is 3. The molecule has 0 heterocycles. The highest BCUT2D eigenvalue weighted by atomic mass is 35.5. The van der Waals surface area contributed by atoms with Crippen LogP contribution in [0.2, 0.25) is 10.0 Å². The lowest BCUT2D eigenvalue weighted by Gasteiger charge is -2.29. The van der Waals surface area contributed by atoms with Gasteiger partial charge in [-0.05, 0) is 51.0 Å². The highest BCUT2D eigenvalue weighted by Crippen LogP contribution is 2.24. The van der Waals surface area contributed by atoms with Crippen LogP contribution < -0.4 is 5.32 Å². The van der Waals surface area contributed by atoms with E-state index in [0.717, 1.165) is 16.9 Å². The quantitative estimate of drug-likeness (QED) is 0.532. The monoisotopic (exact) mass is 466 g/mol. The number of carbonyl (C=O) groups is 2. The largest absolute Gasteiger partial charge is 0.352 e. The number of benzene rings is 2. The molecule has 0 unspecified atom stereocenters. The van der Waals surface area contributed by atoms with Gasteiger partial charge < -0.3 is 10.2 Å². The second kappa shape index (κ2) is 11.6. The number of thioether (sulfide) groups is 1. The molecule has 2 aromatic rings. The van der Waals surface area contributed by atoms with Gasteiger partial charge in [0, 0.05) is 28.4 Å². The molecule has 2 aromatic carbocycles. The molecule has 0 aliphatic heterocycles. The zero-order valence-corrected chi connectivity index (χ0v) is 20.1. The van der Waals surface area contributed by atoms with Crippen molar-refractivity contribution in [2.24, 2.45) is 0 Å². The van der Waals surface area contributed by atoms with Gasteiger partial charge in [0.2, 0.25) is 11.8 Å². The molecule has 1 atom stereocenters. The average Bonchev–Trinajstić information content (AvgIpc) is 2.67. The molecule has 0 aromatic heterocycles. The molecule has 2 rings (SSSR count). The van der Waals surface area contributed by atoms with Crippen LogP contribution in [0.4, 0.5) is 0 Å². The number of aryl methyl sites for hydroxylation is 1. The summed E-state index contributed by atoms with van der Waals surface area (Å²) in [6.45, 7) is 7.81. The Labute approximate surface area is 193 Å². The molecule has 30 heavy (non-hydrogen) atoms. The molecule has 2 amide bonds. The molecule has 0 aliphatic carbocycles. The van der Waals surface area contributed by atoms with Crippen LogP contribution in [0.5, 0.6) is 0 Å². The van der Waals surface area contributed by atoms with Crippen molar-refractivity contribution in [1.82, 2.24) is 10.2 Å². The van der Waals surface area contributed by atoms with Gasteiger partial charge in [0.25, 0.3) is 0 Å². The fourth-order valence-electron chi connectivity index (χ4n) is 2.84. The third-order valence-electron chi connectivity index (χ3n) is 4.57. The van der Waals surface area contributed by atoms with Crippen molar-refractivity contribution in [3.63, 3.8) is 0 Å². The lowest BCUT2D eigenvalue weighted by molar-refractivity contribution is -0.138. The maximum Gasteiger partial charge on any atom is 0.242 e. The SMILES string of the molecule is Cc1ccc(CSCC(=O)N(Cc2ccc(Cl)cc2Cl)[C@H](C)C(=O)NC(C)C)cc1. The molecule has 4 nitrogen and oxygen atoms in total. The molecule has 0 fully saturated rings. The van der Waals surface area contributed by atoms with E-state index in [1.165, 1.54) is 17.3 Å². The van der Waals surface area contributed by atoms with E-state index in [1.54, 1.807) is 30.0 Å². The fourth-order valence-corrected chi connectivity index (χ4v) is 4.18. The first-order chi connectivity index (χ1) is 14.2. The maximum absolute atomic E-state index is 13.1. The van der Waals surface area contributed by atoms with Crippen LogP contribution in [0.1, 0.15) is 37.5 Å². The van der Waals surface area contributed by atoms with Gasteiger partial charge in [-0.15, -0.1) is 11.8 Å². The summed E-state index contributed by atoms with van der Waals surface area (Å²) < 4.78 is 0. The molecular weight excluding hydrogens is 439 g/mol. The van der Waals surface area contributed by atoms with Gasteiger partial charge >= 0.3 is 0 Å². The average molecular weight is 467 g/mol. The van der Waals surface area contributed by atoms with E-state index in [1.807, 2.05) is 20.8 Å². The van der Waals surface area contributed by atoms with Crippen LogP contribution in [0.25, 0.3) is 0 Å². The van der Waals surface area contributed by atoms with Gasteiger partial charge in [0.05, 0.1) is 5.75 Å². The van der Waals surface area contributed by atoms with Gasteiger partial charge in [-0.2, -0.15) is 0 Å². The lowest BCUT2D eigenvalue weighted by atomic mass is 10.1. The summed E-state index contributed by atoms with van der Waals surface area (Å²) in [6.07, 6.45) is 0. The van der Waals surface area contributed by atoms with Crippen molar-refractivity contribution >= 4 is 46.8 Å². The number of nitrogens with zero attached hydrogens (tertiary/aromatic N) is 1. The third-order valence-corrected chi connectivity index (χ3v) is 6.14. The molecule has 1 N–H and O–H groups in total. The number of amides is 2. The Morgan fingerprint density at radius 2 is 1.73 bits per heavy atom. The number of halogens is 2. The van der Waals surface area contributed by atoms with Crippen molar-refractivity contribution < 1.29 is 9.59 Å². The minimum Gasteiger partial charge on any atom is -0.352 e. The Hall–Kier alpha value is -1.69. The summed E-state index contributed by atoms with van der Waals surface area (Å²) >= 11 is 13.8. The minimum atomic E-state index is -0.619. The van der Waals surface area contributed by atoms with Crippen molar-refractivity contribution in [2.75, 3.05) is 5.75 Å². The van der Waals surface area contributed by atoms with Crippen LogP contribution in [0.15, 0.2) is 42.5 Å². The molecule has 0 saturated heterocycles. The van der Waals surface area contributed by atoms with E-state index in [9.17, 15) is 9.59 Å². The van der Waals surface area contributed by atoms with Crippen LogP contribution in [-0.4, -0.2) is 34.6 Å². The van der Waals surface area contributed by atoms with Crippen molar-refractivity contribution in [3.8, 4) is 0 Å². The van der Waals surface area contributed by atoms with E-state index >= 15 is 0 Å². The Morgan fingerprint density at radius 3 is 2.33 bits per heavy atom. The van der Waals surface area contributed by atoms with Crippen LogP contribution in [-0.2, 0) is 21.9 Å². The van der Waals surface area contributed by atoms with Crippen molar-refractivity contribution in [2.45, 2.75) is 52.1 Å². The van der Waals surface area contributed by atoms with Gasteiger partial charge in [-0.25, -0.2) is 0 Å². The Kier molecular flexibility index (Phi) is 9.53. The van der Waals surface area contributed by atoms with Crippen LogP contribution in [0, 0.1) is 6.92 Å². The van der Waals surface area contributed by atoms with Gasteiger partial charge in [-0.3, -0.25) is 9.59 Å². The summed E-state index contributed by atoms with van der Waals surface area (Å²) in [5.41, 5.74) is 3.12. The Morgan fingerprint density at radius 1 is 1.07 bits per heavy atom. The zero-order valence-electron chi connectivity index (χ0n) is 17.7. The van der Waals surface area contributed by atoms with Gasteiger partial charge in [0.1, 0.15) is 6.04 Å². The summed E-state index contributed by atoms with van der Waals surface area (Å²) in [4.78, 5) is 27.2. The number of rotatable bonds is 9. The van der Waals surface area contributed by atoms with Crippen LogP contribution in [0.3, 0.4) is 0 Å². The Bertz CT molecular complexity index is 872. The maximum atomic E-state index is 13.1. The number of carbonyl (C=O) groups excluding carboxylic acids is 2. The molecule has 0 saturated carbocycles. The first kappa shape index (κ1) is 24.6. The van der Waals surface area contributed by atoms with Gasteiger partial charge in [-0.1, -0.05) is 59.1 Å². The second-order valence-electron chi connectivity index (χ2n) is 7.58. The molecular formula is C23H28Cl2N2O2S. The summed E-state index contributed by atoms with van der Waals surface area (Å²) in [6, 6.07) is 12.8. The van der Waals surface area contributed by atoms with Crippen molar-refractivity contribution in [3.05, 3.63) is 69.2 Å². The second-order valence-corrected chi connectivity index (χ2v) is 9.40. The molecule has 0 spiro atoms. The smallest absolute Gasteiger partial charge is 0.242 e. The van der Waals surface area contributed by atoms with E-state index in [4.69, 9.17) is 23.2 Å². The molecule has 0 aliphatic rings. The molecule has 162 valence electrons. The zero-order chi connectivity index (χ0) is 22.3. The number of hydrogen-bond donors (Lipinski definition) is 1. The molecule has 0 radical (unpaired) electrons. The van der Waals surface area contributed by atoms with Crippen molar-refractivity contribution in [1.29, 1.82) is 0 Å². The normalized spacial score (nSPS) is 12.0. The lowest BCUT2D eigenvalue weighted by Crippen LogP contribution is -2.49. The summed E-state index contributed by atoms with van der Waals surface area (Å²) in [5.74, 6) is 0.712. The van der Waals surface area contributed by atoms with E-state index < -0.39 is 6.04 Å². The van der Waals surface area contributed by atoms with Crippen LogP contribution >= 0.6 is 35.0 Å². The number of nitrogens with one attached hydrogen (secondary N) is 1. The van der Waals surface area contributed by atoms with E-state index in [2.05, 4.69) is 29.6 Å². The molecule has 7 heteroatoms.